The minimum atomic E-state index is -0.778. The van der Waals surface area contributed by atoms with Crippen molar-refractivity contribution in [1.82, 2.24) is 5.32 Å². The van der Waals surface area contributed by atoms with Crippen LogP contribution in [0.4, 0.5) is 5.69 Å². The number of nitro groups is 1. The summed E-state index contributed by atoms with van der Waals surface area (Å²) in [6.45, 7) is 2.18. The Hall–Kier alpha value is -1.96. The molecule has 0 aromatic heterocycles. The van der Waals surface area contributed by atoms with Gasteiger partial charge in [0, 0.05) is 12.6 Å². The average molecular weight is 373 g/mol. The van der Waals surface area contributed by atoms with Crippen LogP contribution in [0.2, 0.25) is 0 Å². The SMILES string of the molecule is CCCCCNC(=O)COC(=O)c1ccc(Br)c([N+](=O)[O-])c1. The molecule has 0 saturated carbocycles. The molecular formula is C14H17BrN2O5. The maximum absolute atomic E-state index is 11.8. The fourth-order valence-electron chi connectivity index (χ4n) is 1.65. The highest BCUT2D eigenvalue weighted by molar-refractivity contribution is 9.10. The van der Waals surface area contributed by atoms with Gasteiger partial charge in [0.2, 0.25) is 0 Å². The molecule has 1 rings (SSSR count). The number of hydrogen-bond donors (Lipinski definition) is 1. The molecule has 22 heavy (non-hydrogen) atoms. The van der Waals surface area contributed by atoms with E-state index < -0.39 is 23.4 Å². The second-order valence-corrected chi connectivity index (χ2v) is 5.41. The molecule has 0 fully saturated rings. The first-order chi connectivity index (χ1) is 10.5. The molecule has 0 bridgehead atoms. The van der Waals surface area contributed by atoms with Crippen LogP contribution in [-0.2, 0) is 9.53 Å². The normalized spacial score (nSPS) is 10.1. The predicted molar refractivity (Wildman–Crippen MR) is 83.6 cm³/mol. The van der Waals surface area contributed by atoms with Gasteiger partial charge in [0.05, 0.1) is 15.0 Å². The molecule has 7 nitrogen and oxygen atoms in total. The molecule has 1 aromatic rings. The van der Waals surface area contributed by atoms with E-state index in [-0.39, 0.29) is 15.7 Å². The number of carbonyl (C=O) groups is 2. The van der Waals surface area contributed by atoms with Gasteiger partial charge in [0.25, 0.3) is 11.6 Å². The minimum Gasteiger partial charge on any atom is -0.452 e. The van der Waals surface area contributed by atoms with Crippen LogP contribution in [0.3, 0.4) is 0 Å². The third-order valence-corrected chi connectivity index (χ3v) is 3.49. The van der Waals surface area contributed by atoms with E-state index in [0.717, 1.165) is 25.3 Å². The number of carbonyl (C=O) groups excluding carboxylic acids is 2. The van der Waals surface area contributed by atoms with Crippen molar-refractivity contribution in [2.75, 3.05) is 13.2 Å². The fraction of sp³-hybridized carbons (Fsp3) is 0.429. The second kappa shape index (κ2) is 9.14. The van der Waals surface area contributed by atoms with Gasteiger partial charge >= 0.3 is 5.97 Å². The highest BCUT2D eigenvalue weighted by atomic mass is 79.9. The number of rotatable bonds is 8. The summed E-state index contributed by atoms with van der Waals surface area (Å²) in [5.74, 6) is -1.17. The molecule has 1 N–H and O–H groups in total. The maximum Gasteiger partial charge on any atom is 0.338 e. The van der Waals surface area contributed by atoms with Gasteiger partial charge in [0.15, 0.2) is 6.61 Å². The molecule has 1 aromatic carbocycles. The Balaban J connectivity index is 2.50. The van der Waals surface area contributed by atoms with Crippen LogP contribution in [0.1, 0.15) is 36.5 Å². The highest BCUT2D eigenvalue weighted by Crippen LogP contribution is 2.25. The molecule has 0 spiro atoms. The van der Waals surface area contributed by atoms with Gasteiger partial charge in [-0.05, 0) is 34.5 Å². The van der Waals surface area contributed by atoms with Crippen molar-refractivity contribution < 1.29 is 19.2 Å². The third-order valence-electron chi connectivity index (χ3n) is 2.82. The zero-order valence-corrected chi connectivity index (χ0v) is 13.7. The monoisotopic (exact) mass is 372 g/mol. The molecule has 0 unspecified atom stereocenters. The van der Waals surface area contributed by atoms with E-state index in [9.17, 15) is 19.7 Å². The first-order valence-electron chi connectivity index (χ1n) is 6.83. The van der Waals surface area contributed by atoms with Crippen molar-refractivity contribution in [1.29, 1.82) is 0 Å². The van der Waals surface area contributed by atoms with E-state index >= 15 is 0 Å². The predicted octanol–water partition coefficient (Wildman–Crippen LogP) is 2.82. The summed E-state index contributed by atoms with van der Waals surface area (Å²) in [4.78, 5) is 33.4. The van der Waals surface area contributed by atoms with Crippen molar-refractivity contribution in [2.24, 2.45) is 0 Å². The van der Waals surface area contributed by atoms with Crippen LogP contribution in [0.15, 0.2) is 22.7 Å². The van der Waals surface area contributed by atoms with Gasteiger partial charge in [0.1, 0.15) is 0 Å². The highest BCUT2D eigenvalue weighted by Gasteiger charge is 2.17. The lowest BCUT2D eigenvalue weighted by Gasteiger charge is -2.06. The van der Waals surface area contributed by atoms with Crippen molar-refractivity contribution in [3.05, 3.63) is 38.3 Å². The molecule has 0 atom stereocenters. The Labute approximate surface area is 136 Å². The number of unbranched alkanes of at least 4 members (excludes halogenated alkanes) is 2. The second-order valence-electron chi connectivity index (χ2n) is 4.56. The molecule has 0 heterocycles. The zero-order valence-electron chi connectivity index (χ0n) is 12.1. The van der Waals surface area contributed by atoms with Gasteiger partial charge in [-0.2, -0.15) is 0 Å². The summed E-state index contributed by atoms with van der Waals surface area (Å²) in [7, 11) is 0. The van der Waals surface area contributed by atoms with Crippen molar-refractivity contribution in [3.8, 4) is 0 Å². The molecular weight excluding hydrogens is 356 g/mol. The average Bonchev–Trinajstić information content (AvgIpc) is 2.49. The van der Waals surface area contributed by atoms with Crippen LogP contribution in [0.25, 0.3) is 0 Å². The Morgan fingerprint density at radius 2 is 2.09 bits per heavy atom. The number of nitro benzene ring substituents is 1. The quantitative estimate of drug-likeness (QED) is 0.327. The van der Waals surface area contributed by atoms with Gasteiger partial charge < -0.3 is 10.1 Å². The molecule has 0 aliphatic rings. The minimum absolute atomic E-state index is 0.0219. The number of ether oxygens (including phenoxy) is 1. The Morgan fingerprint density at radius 1 is 1.36 bits per heavy atom. The first kappa shape index (κ1) is 18.1. The van der Waals surface area contributed by atoms with Gasteiger partial charge in [-0.25, -0.2) is 4.79 Å². The molecule has 0 aliphatic heterocycles. The standard InChI is InChI=1S/C14H17BrN2O5/c1-2-3-4-7-16-13(18)9-22-14(19)10-5-6-11(15)12(8-10)17(20)21/h5-6,8H,2-4,7,9H2,1H3,(H,16,18). The number of amides is 1. The zero-order chi connectivity index (χ0) is 16.5. The number of benzene rings is 1. The van der Waals surface area contributed by atoms with Gasteiger partial charge in [-0.3, -0.25) is 14.9 Å². The number of halogens is 1. The molecule has 120 valence electrons. The van der Waals surface area contributed by atoms with E-state index in [2.05, 4.69) is 28.2 Å². The summed E-state index contributed by atoms with van der Waals surface area (Å²) in [5, 5.41) is 13.4. The third kappa shape index (κ3) is 5.80. The van der Waals surface area contributed by atoms with E-state index in [1.54, 1.807) is 0 Å². The molecule has 0 radical (unpaired) electrons. The van der Waals surface area contributed by atoms with E-state index in [1.165, 1.54) is 12.1 Å². The summed E-state index contributed by atoms with van der Waals surface area (Å²) >= 11 is 3.03. The van der Waals surface area contributed by atoms with Crippen LogP contribution in [-0.4, -0.2) is 30.0 Å². The first-order valence-corrected chi connectivity index (χ1v) is 7.62. The summed E-state index contributed by atoms with van der Waals surface area (Å²) in [6.07, 6.45) is 2.94. The molecule has 1 amide bonds. The largest absolute Gasteiger partial charge is 0.452 e. The van der Waals surface area contributed by atoms with Crippen molar-refractivity contribution >= 4 is 33.5 Å². The topological polar surface area (TPSA) is 98.5 Å². The Bertz CT molecular complexity index is 562. The smallest absolute Gasteiger partial charge is 0.338 e. The fourth-order valence-corrected chi connectivity index (χ4v) is 2.04. The van der Waals surface area contributed by atoms with Crippen LogP contribution in [0, 0.1) is 10.1 Å². The van der Waals surface area contributed by atoms with Crippen molar-refractivity contribution in [3.63, 3.8) is 0 Å². The van der Waals surface area contributed by atoms with E-state index in [0.29, 0.717) is 6.54 Å². The number of hydrogen-bond acceptors (Lipinski definition) is 5. The lowest BCUT2D eigenvalue weighted by atomic mass is 10.2. The summed E-state index contributed by atoms with van der Waals surface area (Å²) < 4.78 is 5.10. The maximum atomic E-state index is 11.8. The Morgan fingerprint density at radius 3 is 2.73 bits per heavy atom. The summed E-state index contributed by atoms with van der Waals surface area (Å²) in [6, 6.07) is 3.88. The van der Waals surface area contributed by atoms with Gasteiger partial charge in [-0.1, -0.05) is 19.8 Å². The Kier molecular flexibility index (Phi) is 7.51. The number of nitrogens with zero attached hydrogens (tertiary/aromatic N) is 1. The molecule has 0 saturated heterocycles. The lowest BCUT2D eigenvalue weighted by Crippen LogP contribution is -2.29. The van der Waals surface area contributed by atoms with Gasteiger partial charge in [-0.15, -0.1) is 0 Å². The van der Waals surface area contributed by atoms with E-state index in [1.807, 2.05) is 0 Å². The summed E-state index contributed by atoms with van der Waals surface area (Å²) in [5.41, 5.74) is -0.216. The molecule has 0 aliphatic carbocycles. The van der Waals surface area contributed by atoms with Crippen LogP contribution < -0.4 is 5.32 Å². The van der Waals surface area contributed by atoms with E-state index in [4.69, 9.17) is 4.74 Å². The van der Waals surface area contributed by atoms with Crippen LogP contribution in [0.5, 0.6) is 0 Å². The van der Waals surface area contributed by atoms with Crippen LogP contribution >= 0.6 is 15.9 Å². The number of esters is 1. The molecule has 8 heteroatoms. The van der Waals surface area contributed by atoms with Crippen molar-refractivity contribution in [2.45, 2.75) is 26.2 Å². The lowest BCUT2D eigenvalue weighted by molar-refractivity contribution is -0.385. The number of nitrogens with one attached hydrogen (secondary N) is 1.